The first-order valence-electron chi connectivity index (χ1n) is 7.03. The smallest absolute Gasteiger partial charge is 0.225 e. The minimum atomic E-state index is -0.301. The van der Waals surface area contributed by atoms with Crippen molar-refractivity contribution in [3.05, 3.63) is 23.8 Å². The van der Waals surface area contributed by atoms with Crippen LogP contribution in [0.3, 0.4) is 0 Å². The zero-order valence-corrected chi connectivity index (χ0v) is 13.5. The summed E-state index contributed by atoms with van der Waals surface area (Å²) in [6.07, 6.45) is 0.513. The maximum atomic E-state index is 12.3. The van der Waals surface area contributed by atoms with Crippen LogP contribution in [-0.2, 0) is 11.2 Å². The molecule has 0 bridgehead atoms. The Bertz CT molecular complexity index is 481. The summed E-state index contributed by atoms with van der Waals surface area (Å²) in [7, 11) is 3.22. The fraction of sp³-hybridized carbons (Fsp3) is 0.562. The van der Waals surface area contributed by atoms with Crippen LogP contribution in [0.5, 0.6) is 11.5 Å². The number of benzene rings is 1. The molecule has 0 aromatic heterocycles. The summed E-state index contributed by atoms with van der Waals surface area (Å²) >= 11 is 0. The van der Waals surface area contributed by atoms with Crippen molar-refractivity contribution in [2.45, 2.75) is 32.7 Å². The average molecular weight is 294 g/mol. The molecule has 3 N–H and O–H groups in total. The second-order valence-electron chi connectivity index (χ2n) is 6.05. The van der Waals surface area contributed by atoms with Gasteiger partial charge in [0, 0.05) is 12.1 Å². The van der Waals surface area contributed by atoms with Crippen molar-refractivity contribution in [3.8, 4) is 11.5 Å². The minimum absolute atomic E-state index is 0.0464. The van der Waals surface area contributed by atoms with Crippen molar-refractivity contribution in [2.75, 3.05) is 20.8 Å². The van der Waals surface area contributed by atoms with Crippen molar-refractivity contribution in [1.29, 1.82) is 0 Å². The SMILES string of the molecule is COc1ccc(OC)c(CC(CN)C(=O)NC(C)(C)C)c1. The summed E-state index contributed by atoms with van der Waals surface area (Å²) in [5, 5.41) is 2.97. The lowest BCUT2D eigenvalue weighted by atomic mass is 9.96. The fourth-order valence-corrected chi connectivity index (χ4v) is 2.06. The minimum Gasteiger partial charge on any atom is -0.497 e. The summed E-state index contributed by atoms with van der Waals surface area (Å²) in [6, 6.07) is 5.55. The van der Waals surface area contributed by atoms with Crippen LogP contribution in [0.15, 0.2) is 18.2 Å². The molecular weight excluding hydrogens is 268 g/mol. The first-order chi connectivity index (χ1) is 9.80. The Kier molecular flexibility index (Phi) is 6.03. The van der Waals surface area contributed by atoms with Gasteiger partial charge in [0.2, 0.25) is 5.91 Å². The van der Waals surface area contributed by atoms with E-state index < -0.39 is 0 Å². The molecule has 5 heteroatoms. The molecule has 0 aliphatic rings. The van der Waals surface area contributed by atoms with E-state index in [-0.39, 0.29) is 23.9 Å². The van der Waals surface area contributed by atoms with Gasteiger partial charge in [-0.25, -0.2) is 0 Å². The zero-order chi connectivity index (χ0) is 16.0. The summed E-state index contributed by atoms with van der Waals surface area (Å²) in [4.78, 5) is 12.3. The van der Waals surface area contributed by atoms with Crippen LogP contribution in [0.25, 0.3) is 0 Å². The average Bonchev–Trinajstić information content (AvgIpc) is 2.42. The van der Waals surface area contributed by atoms with Gasteiger partial charge in [0.05, 0.1) is 20.1 Å². The number of hydrogen-bond donors (Lipinski definition) is 2. The molecule has 1 atom stereocenters. The maximum Gasteiger partial charge on any atom is 0.225 e. The van der Waals surface area contributed by atoms with Gasteiger partial charge < -0.3 is 20.5 Å². The van der Waals surface area contributed by atoms with E-state index in [4.69, 9.17) is 15.2 Å². The van der Waals surface area contributed by atoms with Crippen molar-refractivity contribution >= 4 is 5.91 Å². The lowest BCUT2D eigenvalue weighted by molar-refractivity contribution is -0.126. The molecule has 0 aliphatic carbocycles. The van der Waals surface area contributed by atoms with Crippen molar-refractivity contribution < 1.29 is 14.3 Å². The number of carbonyl (C=O) groups is 1. The van der Waals surface area contributed by atoms with E-state index in [0.717, 1.165) is 17.1 Å². The Labute approximate surface area is 126 Å². The summed E-state index contributed by atoms with van der Waals surface area (Å²) < 4.78 is 10.6. The highest BCUT2D eigenvalue weighted by Gasteiger charge is 2.23. The Morgan fingerprint density at radius 2 is 1.95 bits per heavy atom. The lowest BCUT2D eigenvalue weighted by Gasteiger charge is -2.24. The number of rotatable bonds is 6. The Morgan fingerprint density at radius 1 is 1.29 bits per heavy atom. The van der Waals surface area contributed by atoms with Crippen LogP contribution < -0.4 is 20.5 Å². The molecule has 0 saturated heterocycles. The highest BCUT2D eigenvalue weighted by atomic mass is 16.5. The standard InChI is InChI=1S/C16H26N2O3/c1-16(2,3)18-15(19)12(10-17)8-11-9-13(20-4)6-7-14(11)21-5/h6-7,9,12H,8,10,17H2,1-5H3,(H,18,19). The molecule has 0 fully saturated rings. The van der Waals surface area contributed by atoms with Gasteiger partial charge in [-0.2, -0.15) is 0 Å². The lowest BCUT2D eigenvalue weighted by Crippen LogP contribution is -2.46. The van der Waals surface area contributed by atoms with Gasteiger partial charge in [-0.1, -0.05) is 0 Å². The van der Waals surface area contributed by atoms with E-state index >= 15 is 0 Å². The van der Waals surface area contributed by atoms with Gasteiger partial charge >= 0.3 is 0 Å². The highest BCUT2D eigenvalue weighted by molar-refractivity contribution is 5.80. The molecule has 1 amide bonds. The molecule has 1 aromatic carbocycles. The predicted molar refractivity (Wildman–Crippen MR) is 83.7 cm³/mol. The highest BCUT2D eigenvalue weighted by Crippen LogP contribution is 2.26. The molecule has 0 aliphatic heterocycles. The zero-order valence-electron chi connectivity index (χ0n) is 13.5. The van der Waals surface area contributed by atoms with Crippen molar-refractivity contribution in [3.63, 3.8) is 0 Å². The number of methoxy groups -OCH3 is 2. The van der Waals surface area contributed by atoms with Crippen molar-refractivity contribution in [2.24, 2.45) is 11.7 Å². The van der Waals surface area contributed by atoms with Gasteiger partial charge in [0.25, 0.3) is 0 Å². The van der Waals surface area contributed by atoms with Crippen LogP contribution in [0.4, 0.5) is 0 Å². The number of ether oxygens (including phenoxy) is 2. The van der Waals surface area contributed by atoms with Gasteiger partial charge in [0.15, 0.2) is 0 Å². The van der Waals surface area contributed by atoms with Gasteiger partial charge in [0.1, 0.15) is 11.5 Å². The Hall–Kier alpha value is -1.75. The molecule has 1 unspecified atom stereocenters. The summed E-state index contributed by atoms with van der Waals surface area (Å²) in [5.41, 5.74) is 6.41. The van der Waals surface area contributed by atoms with Gasteiger partial charge in [-0.15, -0.1) is 0 Å². The second kappa shape index (κ2) is 7.31. The van der Waals surface area contributed by atoms with E-state index in [0.29, 0.717) is 6.42 Å². The van der Waals surface area contributed by atoms with Crippen LogP contribution in [0.2, 0.25) is 0 Å². The molecule has 1 aromatic rings. The molecule has 0 saturated carbocycles. The number of nitrogens with one attached hydrogen (secondary N) is 1. The van der Waals surface area contributed by atoms with Crippen LogP contribution in [0, 0.1) is 5.92 Å². The van der Waals surface area contributed by atoms with Gasteiger partial charge in [-0.05, 0) is 51.0 Å². The summed E-state index contributed by atoms with van der Waals surface area (Å²) in [5.74, 6) is 1.12. The molecule has 1 rings (SSSR count). The first-order valence-corrected chi connectivity index (χ1v) is 7.03. The third-order valence-electron chi connectivity index (χ3n) is 3.11. The number of hydrogen-bond acceptors (Lipinski definition) is 4. The molecule has 0 heterocycles. The number of nitrogens with two attached hydrogens (primary N) is 1. The third kappa shape index (κ3) is 5.27. The van der Waals surface area contributed by atoms with Crippen molar-refractivity contribution in [1.82, 2.24) is 5.32 Å². The topological polar surface area (TPSA) is 73.6 Å². The summed E-state index contributed by atoms with van der Waals surface area (Å²) in [6.45, 7) is 6.13. The molecule has 118 valence electrons. The monoisotopic (exact) mass is 294 g/mol. The van der Waals surface area contributed by atoms with E-state index in [1.807, 2.05) is 39.0 Å². The molecule has 5 nitrogen and oxygen atoms in total. The van der Waals surface area contributed by atoms with Crippen LogP contribution in [-0.4, -0.2) is 32.2 Å². The number of carbonyl (C=O) groups excluding carboxylic acids is 1. The number of amides is 1. The van der Waals surface area contributed by atoms with E-state index in [1.165, 1.54) is 0 Å². The predicted octanol–water partition coefficient (Wildman–Crippen LogP) is 1.74. The fourth-order valence-electron chi connectivity index (χ4n) is 2.06. The molecule has 0 spiro atoms. The van der Waals surface area contributed by atoms with E-state index in [2.05, 4.69) is 5.32 Å². The Balaban J connectivity index is 2.92. The van der Waals surface area contributed by atoms with Crippen LogP contribution >= 0.6 is 0 Å². The van der Waals surface area contributed by atoms with E-state index in [1.54, 1.807) is 14.2 Å². The largest absolute Gasteiger partial charge is 0.497 e. The van der Waals surface area contributed by atoms with Gasteiger partial charge in [-0.3, -0.25) is 4.79 Å². The van der Waals surface area contributed by atoms with E-state index in [9.17, 15) is 4.79 Å². The molecule has 21 heavy (non-hydrogen) atoms. The second-order valence-corrected chi connectivity index (χ2v) is 6.05. The Morgan fingerprint density at radius 3 is 2.43 bits per heavy atom. The first kappa shape index (κ1) is 17.3. The normalized spacial score (nSPS) is 12.7. The molecular formula is C16H26N2O3. The molecule has 0 radical (unpaired) electrons. The third-order valence-corrected chi connectivity index (χ3v) is 3.11. The quantitative estimate of drug-likeness (QED) is 0.838. The van der Waals surface area contributed by atoms with Crippen LogP contribution in [0.1, 0.15) is 26.3 Å². The maximum absolute atomic E-state index is 12.3.